The summed E-state index contributed by atoms with van der Waals surface area (Å²) in [7, 11) is 0. The predicted octanol–water partition coefficient (Wildman–Crippen LogP) is 4.84. The molecule has 4 rings (SSSR count). The molecule has 4 nitrogen and oxygen atoms in total. The van der Waals surface area contributed by atoms with Crippen molar-refractivity contribution in [2.24, 2.45) is 0 Å². The van der Waals surface area contributed by atoms with Gasteiger partial charge in [0.05, 0.1) is 11.3 Å². The Balaban J connectivity index is 1.86. The molecular formula is C24H19FN2O2. The molecule has 3 aromatic carbocycles. The van der Waals surface area contributed by atoms with Gasteiger partial charge in [-0.3, -0.25) is 9.59 Å². The van der Waals surface area contributed by atoms with Gasteiger partial charge in [0, 0.05) is 5.69 Å². The number of hydrogen-bond acceptors (Lipinski definition) is 3. The van der Waals surface area contributed by atoms with E-state index in [2.05, 4.69) is 5.32 Å². The minimum atomic E-state index is -0.630. The van der Waals surface area contributed by atoms with Crippen molar-refractivity contribution in [1.82, 2.24) is 0 Å². The van der Waals surface area contributed by atoms with Crippen molar-refractivity contribution < 1.29 is 14.0 Å². The van der Waals surface area contributed by atoms with E-state index in [0.29, 0.717) is 5.56 Å². The van der Waals surface area contributed by atoms with Gasteiger partial charge in [-0.15, -0.1) is 0 Å². The molecule has 0 unspecified atom stereocenters. The number of nitrogens with zero attached hydrogens (tertiary/aromatic N) is 1. The lowest BCUT2D eigenvalue weighted by atomic mass is 10.0. The predicted molar refractivity (Wildman–Crippen MR) is 112 cm³/mol. The maximum atomic E-state index is 14.4. The summed E-state index contributed by atoms with van der Waals surface area (Å²) in [6.45, 7) is 3.87. The third-order valence-corrected chi connectivity index (χ3v) is 4.89. The van der Waals surface area contributed by atoms with Gasteiger partial charge in [0.25, 0.3) is 11.8 Å². The van der Waals surface area contributed by atoms with E-state index in [1.54, 1.807) is 30.3 Å². The summed E-state index contributed by atoms with van der Waals surface area (Å²) in [5.74, 6) is -1.77. The van der Waals surface area contributed by atoms with Gasteiger partial charge >= 0.3 is 0 Å². The summed E-state index contributed by atoms with van der Waals surface area (Å²) in [6.07, 6.45) is 0. The summed E-state index contributed by atoms with van der Waals surface area (Å²) in [5.41, 5.74) is 3.57. The van der Waals surface area contributed by atoms with E-state index in [9.17, 15) is 14.0 Å². The first-order chi connectivity index (χ1) is 14.0. The number of para-hydroxylation sites is 1. The van der Waals surface area contributed by atoms with E-state index < -0.39 is 17.6 Å². The van der Waals surface area contributed by atoms with E-state index in [4.69, 9.17) is 0 Å². The molecule has 1 aliphatic heterocycles. The van der Waals surface area contributed by atoms with Crippen LogP contribution >= 0.6 is 0 Å². The molecule has 1 aliphatic rings. The van der Waals surface area contributed by atoms with Crippen LogP contribution in [0.15, 0.2) is 78.5 Å². The monoisotopic (exact) mass is 386 g/mol. The maximum absolute atomic E-state index is 14.4. The molecule has 0 aliphatic carbocycles. The molecule has 0 radical (unpaired) electrons. The fraction of sp³-hybridized carbons (Fsp3) is 0.0833. The van der Waals surface area contributed by atoms with E-state index in [1.165, 1.54) is 18.2 Å². The number of amides is 2. The lowest BCUT2D eigenvalue weighted by Gasteiger charge is -2.16. The number of anilines is 2. The molecule has 0 spiro atoms. The lowest BCUT2D eigenvalue weighted by molar-refractivity contribution is -0.120. The Morgan fingerprint density at radius 1 is 0.828 bits per heavy atom. The lowest BCUT2D eigenvalue weighted by Crippen LogP contribution is -2.33. The topological polar surface area (TPSA) is 49.4 Å². The van der Waals surface area contributed by atoms with Gasteiger partial charge in [-0.1, -0.05) is 54.6 Å². The summed E-state index contributed by atoms with van der Waals surface area (Å²) < 4.78 is 14.4. The van der Waals surface area contributed by atoms with E-state index >= 15 is 0 Å². The Labute approximate surface area is 168 Å². The number of nitrogens with one attached hydrogen (secondary N) is 1. The van der Waals surface area contributed by atoms with Crippen LogP contribution in [0.25, 0.3) is 5.57 Å². The van der Waals surface area contributed by atoms with Crippen molar-refractivity contribution in [3.63, 3.8) is 0 Å². The molecule has 0 bridgehead atoms. The zero-order valence-corrected chi connectivity index (χ0v) is 16.1. The van der Waals surface area contributed by atoms with Crippen molar-refractivity contribution >= 4 is 28.8 Å². The smallest absolute Gasteiger partial charge is 0.282 e. The fourth-order valence-electron chi connectivity index (χ4n) is 3.38. The number of imide groups is 1. The summed E-state index contributed by atoms with van der Waals surface area (Å²) in [6, 6.07) is 20.5. The van der Waals surface area contributed by atoms with Crippen molar-refractivity contribution in [1.29, 1.82) is 0 Å². The van der Waals surface area contributed by atoms with Gasteiger partial charge in [-0.05, 0) is 48.7 Å². The van der Waals surface area contributed by atoms with Gasteiger partial charge in [-0.2, -0.15) is 0 Å². The molecule has 0 saturated heterocycles. The molecule has 0 atom stereocenters. The number of carbonyl (C=O) groups excluding carboxylic acids is 2. The van der Waals surface area contributed by atoms with Crippen LogP contribution in [0.4, 0.5) is 15.8 Å². The highest BCUT2D eigenvalue weighted by Gasteiger charge is 2.41. The molecule has 29 heavy (non-hydrogen) atoms. The first kappa shape index (κ1) is 18.6. The van der Waals surface area contributed by atoms with Crippen molar-refractivity contribution in [2.45, 2.75) is 13.8 Å². The van der Waals surface area contributed by atoms with Gasteiger partial charge in [0.1, 0.15) is 11.5 Å². The van der Waals surface area contributed by atoms with Crippen LogP contribution in [0.5, 0.6) is 0 Å². The number of halogens is 1. The second-order valence-corrected chi connectivity index (χ2v) is 6.96. The van der Waals surface area contributed by atoms with E-state index in [-0.39, 0.29) is 17.0 Å². The van der Waals surface area contributed by atoms with Crippen LogP contribution in [0.3, 0.4) is 0 Å². The zero-order valence-electron chi connectivity index (χ0n) is 16.1. The Bertz CT molecular complexity index is 1150. The number of aryl methyl sites for hydroxylation is 2. The standard InChI is InChI=1S/C24H19FN2O2/c1-15-12-13-16(2)19(14-15)26-22-21(17-8-4-3-5-9-17)23(28)27(24(22)29)20-11-7-6-10-18(20)25/h3-14,26H,1-2H3. The largest absolute Gasteiger partial charge is 0.350 e. The number of carbonyl (C=O) groups is 2. The number of rotatable bonds is 4. The Kier molecular flexibility index (Phi) is 4.72. The van der Waals surface area contributed by atoms with E-state index in [0.717, 1.165) is 21.7 Å². The van der Waals surface area contributed by atoms with Gasteiger partial charge < -0.3 is 5.32 Å². The highest BCUT2D eigenvalue weighted by Crippen LogP contribution is 2.35. The average Bonchev–Trinajstić information content (AvgIpc) is 2.96. The van der Waals surface area contributed by atoms with Crippen LogP contribution in [-0.4, -0.2) is 11.8 Å². The zero-order chi connectivity index (χ0) is 20.5. The normalized spacial score (nSPS) is 14.0. The van der Waals surface area contributed by atoms with E-state index in [1.807, 2.05) is 38.1 Å². The highest BCUT2D eigenvalue weighted by molar-refractivity contribution is 6.46. The Hall–Kier alpha value is -3.73. The molecule has 1 N–H and O–H groups in total. The minimum absolute atomic E-state index is 0.0614. The molecule has 0 aromatic heterocycles. The SMILES string of the molecule is Cc1ccc(C)c(NC2=C(c3ccccc3)C(=O)N(c3ccccc3F)C2=O)c1. The number of hydrogen-bond donors (Lipinski definition) is 1. The first-order valence-corrected chi connectivity index (χ1v) is 9.24. The number of benzene rings is 3. The van der Waals surface area contributed by atoms with Crippen LogP contribution in [0.1, 0.15) is 16.7 Å². The minimum Gasteiger partial charge on any atom is -0.350 e. The summed E-state index contributed by atoms with van der Waals surface area (Å²) in [5, 5.41) is 3.14. The average molecular weight is 386 g/mol. The van der Waals surface area contributed by atoms with Crippen LogP contribution in [0.2, 0.25) is 0 Å². The summed E-state index contributed by atoms with van der Waals surface area (Å²) >= 11 is 0. The van der Waals surface area contributed by atoms with Crippen molar-refractivity contribution in [3.05, 3.63) is 101 Å². The second-order valence-electron chi connectivity index (χ2n) is 6.96. The summed E-state index contributed by atoms with van der Waals surface area (Å²) in [4.78, 5) is 27.4. The van der Waals surface area contributed by atoms with Gasteiger partial charge in [0.2, 0.25) is 0 Å². The molecule has 0 fully saturated rings. The maximum Gasteiger partial charge on any atom is 0.282 e. The fourth-order valence-corrected chi connectivity index (χ4v) is 3.38. The molecule has 5 heteroatoms. The molecule has 144 valence electrons. The second kappa shape index (κ2) is 7.36. The van der Waals surface area contributed by atoms with Gasteiger partial charge in [-0.25, -0.2) is 9.29 Å². The Morgan fingerprint density at radius 2 is 1.52 bits per heavy atom. The quantitative estimate of drug-likeness (QED) is 0.653. The molecule has 0 saturated carbocycles. The van der Waals surface area contributed by atoms with Crippen LogP contribution in [0, 0.1) is 19.7 Å². The molecule has 1 heterocycles. The first-order valence-electron chi connectivity index (χ1n) is 9.24. The third kappa shape index (κ3) is 3.31. The molecule has 2 amide bonds. The molecule has 3 aromatic rings. The van der Waals surface area contributed by atoms with Gasteiger partial charge in [0.15, 0.2) is 0 Å². The van der Waals surface area contributed by atoms with Crippen LogP contribution in [-0.2, 0) is 9.59 Å². The molecular weight excluding hydrogens is 367 g/mol. The highest BCUT2D eigenvalue weighted by atomic mass is 19.1. The third-order valence-electron chi connectivity index (χ3n) is 4.89. The Morgan fingerprint density at radius 3 is 2.24 bits per heavy atom. The van der Waals surface area contributed by atoms with Crippen molar-refractivity contribution in [2.75, 3.05) is 10.2 Å². The van der Waals surface area contributed by atoms with Crippen LogP contribution < -0.4 is 10.2 Å². The van der Waals surface area contributed by atoms with Crippen molar-refractivity contribution in [3.8, 4) is 0 Å².